The van der Waals surface area contributed by atoms with Crippen LogP contribution in [0.25, 0.3) is 0 Å². The molecule has 0 aromatic carbocycles. The molecule has 2 aliphatic heterocycles. The summed E-state index contributed by atoms with van der Waals surface area (Å²) in [4.78, 5) is 5.50. The molecule has 3 fully saturated rings. The summed E-state index contributed by atoms with van der Waals surface area (Å²) >= 11 is 0. The van der Waals surface area contributed by atoms with Crippen LogP contribution >= 0.6 is 0 Å². The van der Waals surface area contributed by atoms with Crippen LogP contribution in [0.4, 0.5) is 0 Å². The van der Waals surface area contributed by atoms with Gasteiger partial charge in [0.15, 0.2) is 0 Å². The van der Waals surface area contributed by atoms with Crippen molar-refractivity contribution in [3.8, 4) is 0 Å². The van der Waals surface area contributed by atoms with Gasteiger partial charge in [-0.1, -0.05) is 0 Å². The molecule has 16 heavy (non-hydrogen) atoms. The molecule has 3 nitrogen and oxygen atoms in total. The first-order chi connectivity index (χ1) is 7.88. The van der Waals surface area contributed by atoms with E-state index in [0.717, 1.165) is 18.0 Å². The van der Waals surface area contributed by atoms with E-state index in [-0.39, 0.29) is 0 Å². The lowest BCUT2D eigenvalue weighted by molar-refractivity contribution is 0.00704. The Morgan fingerprint density at radius 3 is 2.69 bits per heavy atom. The van der Waals surface area contributed by atoms with E-state index >= 15 is 0 Å². The lowest BCUT2D eigenvalue weighted by Crippen LogP contribution is -2.58. The molecule has 0 spiro atoms. The number of hydrogen-bond acceptors (Lipinski definition) is 3. The molecular formula is C13H25N3. The van der Waals surface area contributed by atoms with E-state index in [4.69, 9.17) is 0 Å². The smallest absolute Gasteiger partial charge is 0.0224 e. The normalized spacial score (nSPS) is 40.7. The summed E-state index contributed by atoms with van der Waals surface area (Å²) in [5.41, 5.74) is 0. The molecular weight excluding hydrogens is 198 g/mol. The van der Waals surface area contributed by atoms with E-state index in [0.29, 0.717) is 0 Å². The van der Waals surface area contributed by atoms with E-state index in [2.05, 4.69) is 22.2 Å². The van der Waals surface area contributed by atoms with Crippen molar-refractivity contribution in [1.82, 2.24) is 15.1 Å². The molecule has 0 amide bonds. The molecule has 92 valence electrons. The molecule has 3 rings (SSSR count). The summed E-state index contributed by atoms with van der Waals surface area (Å²) in [6, 6.07) is 1.79. The van der Waals surface area contributed by atoms with Crippen molar-refractivity contribution in [2.75, 3.05) is 39.8 Å². The van der Waals surface area contributed by atoms with Crippen molar-refractivity contribution in [2.45, 2.75) is 37.8 Å². The molecule has 1 N–H and O–H groups in total. The highest BCUT2D eigenvalue weighted by Crippen LogP contribution is 2.34. The van der Waals surface area contributed by atoms with E-state index in [9.17, 15) is 0 Å². The maximum absolute atomic E-state index is 3.35. The first-order valence-corrected chi connectivity index (χ1v) is 7.01. The van der Waals surface area contributed by atoms with Gasteiger partial charge in [-0.05, 0) is 51.7 Å². The van der Waals surface area contributed by atoms with Crippen LogP contribution < -0.4 is 5.32 Å². The van der Waals surface area contributed by atoms with Crippen molar-refractivity contribution >= 4 is 0 Å². The van der Waals surface area contributed by atoms with Gasteiger partial charge in [-0.2, -0.15) is 0 Å². The molecule has 2 saturated heterocycles. The zero-order valence-corrected chi connectivity index (χ0v) is 10.5. The Balaban J connectivity index is 1.55. The fraction of sp³-hybridized carbons (Fsp3) is 1.00. The standard InChI is InChI=1S/C13H25N3/c1-14-9-11-4-5-13(11)16-8-7-15-6-2-3-12(15)10-16/h11-14H,2-10H2,1H3. The largest absolute Gasteiger partial charge is 0.319 e. The van der Waals surface area contributed by atoms with Gasteiger partial charge in [0, 0.05) is 31.7 Å². The van der Waals surface area contributed by atoms with E-state index in [1.807, 2.05) is 0 Å². The molecule has 0 aromatic heterocycles. The van der Waals surface area contributed by atoms with Crippen LogP contribution in [0.2, 0.25) is 0 Å². The highest BCUT2D eigenvalue weighted by molar-refractivity contribution is 4.95. The van der Waals surface area contributed by atoms with Crippen LogP contribution in [0, 0.1) is 5.92 Å². The number of hydrogen-bond donors (Lipinski definition) is 1. The third-order valence-electron chi connectivity index (χ3n) is 4.93. The van der Waals surface area contributed by atoms with Crippen molar-refractivity contribution in [3.63, 3.8) is 0 Å². The van der Waals surface area contributed by atoms with Crippen LogP contribution in [0.5, 0.6) is 0 Å². The quantitative estimate of drug-likeness (QED) is 0.762. The van der Waals surface area contributed by atoms with Crippen LogP contribution in [0.1, 0.15) is 25.7 Å². The van der Waals surface area contributed by atoms with Gasteiger partial charge in [-0.25, -0.2) is 0 Å². The van der Waals surface area contributed by atoms with E-state index in [1.54, 1.807) is 0 Å². The first-order valence-electron chi connectivity index (χ1n) is 7.01. The van der Waals surface area contributed by atoms with Crippen LogP contribution in [0.15, 0.2) is 0 Å². The van der Waals surface area contributed by atoms with Crippen LogP contribution in [0.3, 0.4) is 0 Å². The number of piperazine rings is 1. The van der Waals surface area contributed by atoms with Gasteiger partial charge in [-0.3, -0.25) is 9.80 Å². The summed E-state index contributed by atoms with van der Waals surface area (Å²) in [5.74, 6) is 0.929. The molecule has 3 aliphatic rings. The van der Waals surface area contributed by atoms with Gasteiger partial charge < -0.3 is 5.32 Å². The Morgan fingerprint density at radius 1 is 1.06 bits per heavy atom. The summed E-state index contributed by atoms with van der Waals surface area (Å²) in [5, 5.41) is 3.35. The van der Waals surface area contributed by atoms with Gasteiger partial charge in [0.05, 0.1) is 0 Å². The van der Waals surface area contributed by atoms with Crippen LogP contribution in [-0.4, -0.2) is 61.7 Å². The molecule has 3 unspecified atom stereocenters. The Hall–Kier alpha value is -0.120. The van der Waals surface area contributed by atoms with Crippen molar-refractivity contribution in [2.24, 2.45) is 5.92 Å². The van der Waals surface area contributed by atoms with Gasteiger partial charge in [-0.15, -0.1) is 0 Å². The fourth-order valence-electron chi connectivity index (χ4n) is 3.85. The average molecular weight is 223 g/mol. The molecule has 3 atom stereocenters. The average Bonchev–Trinajstić information content (AvgIpc) is 2.71. The zero-order valence-electron chi connectivity index (χ0n) is 10.5. The second kappa shape index (κ2) is 4.63. The van der Waals surface area contributed by atoms with Gasteiger partial charge >= 0.3 is 0 Å². The molecule has 2 heterocycles. The molecule has 0 bridgehead atoms. The molecule has 0 radical (unpaired) electrons. The highest BCUT2D eigenvalue weighted by Gasteiger charge is 2.39. The summed E-state index contributed by atoms with van der Waals surface area (Å²) in [7, 11) is 2.09. The Bertz CT molecular complexity index is 243. The monoisotopic (exact) mass is 223 g/mol. The van der Waals surface area contributed by atoms with E-state index in [1.165, 1.54) is 58.4 Å². The number of fused-ring (bicyclic) bond motifs is 1. The second-order valence-electron chi connectivity index (χ2n) is 5.79. The topological polar surface area (TPSA) is 18.5 Å². The minimum Gasteiger partial charge on any atom is -0.319 e. The van der Waals surface area contributed by atoms with Crippen molar-refractivity contribution < 1.29 is 0 Å². The third-order valence-corrected chi connectivity index (χ3v) is 4.93. The minimum atomic E-state index is 0.893. The SMILES string of the molecule is CNCC1CCC1N1CCN2CCCC2C1. The molecule has 3 heteroatoms. The number of nitrogens with one attached hydrogen (secondary N) is 1. The van der Waals surface area contributed by atoms with Gasteiger partial charge in [0.1, 0.15) is 0 Å². The number of nitrogens with zero attached hydrogens (tertiary/aromatic N) is 2. The van der Waals surface area contributed by atoms with Crippen molar-refractivity contribution in [1.29, 1.82) is 0 Å². The maximum Gasteiger partial charge on any atom is 0.0224 e. The zero-order chi connectivity index (χ0) is 11.0. The van der Waals surface area contributed by atoms with Crippen molar-refractivity contribution in [3.05, 3.63) is 0 Å². The lowest BCUT2D eigenvalue weighted by atomic mass is 9.78. The Labute approximate surface area is 99.2 Å². The van der Waals surface area contributed by atoms with Gasteiger partial charge in [0.25, 0.3) is 0 Å². The minimum absolute atomic E-state index is 0.893. The fourth-order valence-corrected chi connectivity index (χ4v) is 3.85. The summed E-state index contributed by atoms with van der Waals surface area (Å²) in [6.45, 7) is 6.58. The highest BCUT2D eigenvalue weighted by atomic mass is 15.3. The molecule has 1 aliphatic carbocycles. The predicted molar refractivity (Wildman–Crippen MR) is 66.6 cm³/mol. The third kappa shape index (κ3) is 1.89. The summed E-state index contributed by atoms with van der Waals surface area (Å²) in [6.07, 6.45) is 5.76. The molecule has 1 saturated carbocycles. The summed E-state index contributed by atoms with van der Waals surface area (Å²) < 4.78 is 0. The lowest BCUT2D eigenvalue weighted by Gasteiger charge is -2.49. The predicted octanol–water partition coefficient (Wildman–Crippen LogP) is 0.764. The van der Waals surface area contributed by atoms with Gasteiger partial charge in [0.2, 0.25) is 0 Å². The Morgan fingerprint density at radius 2 is 1.94 bits per heavy atom. The number of rotatable bonds is 3. The second-order valence-corrected chi connectivity index (χ2v) is 5.79. The molecule has 0 aromatic rings. The Kier molecular flexibility index (Phi) is 3.18. The maximum atomic E-state index is 3.35. The first kappa shape index (κ1) is 11.0. The van der Waals surface area contributed by atoms with Crippen LogP contribution in [-0.2, 0) is 0 Å². The van der Waals surface area contributed by atoms with E-state index < -0.39 is 0 Å².